The summed E-state index contributed by atoms with van der Waals surface area (Å²) >= 11 is 0. The van der Waals surface area contributed by atoms with Crippen LogP contribution in [0.2, 0.25) is 0 Å². The first-order chi connectivity index (χ1) is 24.5. The number of hydrogen-bond acceptors (Lipinski definition) is 4. The molecule has 238 valence electrons. The van der Waals surface area contributed by atoms with E-state index in [0.717, 1.165) is 66.8 Å². The zero-order chi connectivity index (χ0) is 33.4. The van der Waals surface area contributed by atoms with E-state index in [-0.39, 0.29) is 5.41 Å². The zero-order valence-electron chi connectivity index (χ0n) is 27.7. The summed E-state index contributed by atoms with van der Waals surface area (Å²) in [6, 6.07) is 55.4. The van der Waals surface area contributed by atoms with Crippen molar-refractivity contribution in [2.24, 2.45) is 0 Å². The van der Waals surface area contributed by atoms with Gasteiger partial charge in [-0.2, -0.15) is 0 Å². The van der Waals surface area contributed by atoms with Crippen LogP contribution >= 0.6 is 0 Å². The lowest BCUT2D eigenvalue weighted by Gasteiger charge is -2.28. The van der Waals surface area contributed by atoms with Crippen molar-refractivity contribution in [3.05, 3.63) is 169 Å². The van der Waals surface area contributed by atoms with Crippen molar-refractivity contribution < 1.29 is 8.83 Å². The molecule has 50 heavy (non-hydrogen) atoms. The molecule has 2 aromatic heterocycles. The van der Waals surface area contributed by atoms with E-state index < -0.39 is 0 Å². The third kappa shape index (κ3) is 4.28. The summed E-state index contributed by atoms with van der Waals surface area (Å²) < 4.78 is 12.6. The summed E-state index contributed by atoms with van der Waals surface area (Å²) in [5, 5.41) is 2.19. The highest BCUT2D eigenvalue weighted by Gasteiger charge is 2.36. The number of nitrogens with zero attached hydrogens (tertiary/aromatic N) is 2. The maximum atomic E-state index is 6.37. The molecule has 0 saturated carbocycles. The van der Waals surface area contributed by atoms with Gasteiger partial charge in [0.15, 0.2) is 5.58 Å². The van der Waals surface area contributed by atoms with E-state index in [0.29, 0.717) is 5.89 Å². The number of anilines is 3. The summed E-state index contributed by atoms with van der Waals surface area (Å²) in [7, 11) is 0. The standard InChI is InChI=1S/C46H32N2O2/c1-46(2)37-17-8-6-14-34(37)35-27-26-32(28-38(35)46)48(39-18-11-20-41-43(39)36-15-7-9-19-40(36)49-41)31-24-22-29(23-25-31)33-16-10-21-42-44(33)47-45(50-42)30-12-4-3-5-13-30/h3-28H,1-2H3. The summed E-state index contributed by atoms with van der Waals surface area (Å²) in [6.45, 7) is 4.66. The summed E-state index contributed by atoms with van der Waals surface area (Å²) in [6.07, 6.45) is 0. The van der Waals surface area contributed by atoms with E-state index in [2.05, 4.69) is 122 Å². The van der Waals surface area contributed by atoms with E-state index in [1.807, 2.05) is 54.6 Å². The minimum Gasteiger partial charge on any atom is -0.456 e. The molecule has 0 atom stereocenters. The van der Waals surface area contributed by atoms with Crippen LogP contribution in [0.5, 0.6) is 0 Å². The summed E-state index contributed by atoms with van der Waals surface area (Å²) in [5.41, 5.74) is 14.8. The van der Waals surface area contributed by atoms with Crippen LogP contribution in [0.15, 0.2) is 167 Å². The van der Waals surface area contributed by atoms with Crippen molar-refractivity contribution in [3.8, 4) is 33.7 Å². The Morgan fingerprint density at radius 2 is 1.18 bits per heavy atom. The number of furan rings is 1. The average Bonchev–Trinajstić information content (AvgIpc) is 3.84. The van der Waals surface area contributed by atoms with Crippen molar-refractivity contribution in [2.75, 3.05) is 4.90 Å². The predicted molar refractivity (Wildman–Crippen MR) is 204 cm³/mol. The SMILES string of the molecule is CC1(C)c2ccccc2-c2ccc(N(c3ccc(-c4cccc5oc(-c6ccccc6)nc45)cc3)c3cccc4oc5ccccc5c34)cc21. The lowest BCUT2D eigenvalue weighted by molar-refractivity contribution is 0.620. The van der Waals surface area contributed by atoms with Gasteiger partial charge in [0.1, 0.15) is 16.7 Å². The molecule has 1 aliphatic rings. The van der Waals surface area contributed by atoms with Crippen LogP contribution in [0.25, 0.3) is 66.7 Å². The fourth-order valence-electron chi connectivity index (χ4n) is 7.88. The lowest BCUT2D eigenvalue weighted by Crippen LogP contribution is -2.16. The van der Waals surface area contributed by atoms with Crippen LogP contribution in [0, 0.1) is 0 Å². The normalized spacial score (nSPS) is 13.2. The van der Waals surface area contributed by atoms with Gasteiger partial charge in [0.05, 0.1) is 11.1 Å². The fourth-order valence-corrected chi connectivity index (χ4v) is 7.88. The first-order valence-electron chi connectivity index (χ1n) is 17.0. The number of para-hydroxylation sites is 2. The Morgan fingerprint density at radius 3 is 2.06 bits per heavy atom. The Morgan fingerprint density at radius 1 is 0.500 bits per heavy atom. The topological polar surface area (TPSA) is 42.4 Å². The van der Waals surface area contributed by atoms with E-state index in [1.54, 1.807) is 0 Å². The van der Waals surface area contributed by atoms with Gasteiger partial charge >= 0.3 is 0 Å². The Balaban J connectivity index is 1.14. The second-order valence-corrected chi connectivity index (χ2v) is 13.6. The van der Waals surface area contributed by atoms with Crippen molar-refractivity contribution in [1.29, 1.82) is 0 Å². The van der Waals surface area contributed by atoms with Gasteiger partial charge in [-0.25, -0.2) is 4.98 Å². The van der Waals surface area contributed by atoms with Gasteiger partial charge in [-0.3, -0.25) is 0 Å². The number of hydrogen-bond donors (Lipinski definition) is 0. The number of rotatable bonds is 5. The molecule has 0 aliphatic heterocycles. The molecule has 0 unspecified atom stereocenters. The predicted octanol–water partition coefficient (Wildman–Crippen LogP) is 12.8. The molecule has 9 aromatic rings. The van der Waals surface area contributed by atoms with Gasteiger partial charge < -0.3 is 13.7 Å². The molecule has 4 nitrogen and oxygen atoms in total. The van der Waals surface area contributed by atoms with Crippen LogP contribution in [-0.2, 0) is 5.41 Å². The van der Waals surface area contributed by atoms with Crippen LogP contribution in [-0.4, -0.2) is 4.98 Å². The second-order valence-electron chi connectivity index (χ2n) is 13.6. The van der Waals surface area contributed by atoms with E-state index in [9.17, 15) is 0 Å². The molecule has 0 radical (unpaired) electrons. The minimum atomic E-state index is -0.124. The third-order valence-corrected chi connectivity index (χ3v) is 10.3. The van der Waals surface area contributed by atoms with Gasteiger partial charge in [-0.1, -0.05) is 111 Å². The number of fused-ring (bicyclic) bond motifs is 7. The summed E-state index contributed by atoms with van der Waals surface area (Å²) in [5.74, 6) is 0.623. The van der Waals surface area contributed by atoms with Gasteiger partial charge in [0.2, 0.25) is 5.89 Å². The average molecular weight is 645 g/mol. The van der Waals surface area contributed by atoms with Crippen LogP contribution in [0.4, 0.5) is 17.1 Å². The zero-order valence-corrected chi connectivity index (χ0v) is 27.7. The molecule has 2 heterocycles. The van der Waals surface area contributed by atoms with Gasteiger partial charge in [0, 0.05) is 33.3 Å². The van der Waals surface area contributed by atoms with Crippen molar-refractivity contribution in [1.82, 2.24) is 4.98 Å². The largest absolute Gasteiger partial charge is 0.456 e. The quantitative estimate of drug-likeness (QED) is 0.187. The fraction of sp³-hybridized carbons (Fsp3) is 0.0652. The highest BCUT2D eigenvalue weighted by molar-refractivity contribution is 6.13. The molecule has 4 heteroatoms. The molecular formula is C46H32N2O2. The highest BCUT2D eigenvalue weighted by atomic mass is 16.3. The lowest BCUT2D eigenvalue weighted by atomic mass is 9.82. The monoisotopic (exact) mass is 644 g/mol. The molecule has 1 aliphatic carbocycles. The Hall–Kier alpha value is -6.39. The molecule has 0 fully saturated rings. The van der Waals surface area contributed by atoms with Crippen LogP contribution < -0.4 is 4.90 Å². The minimum absolute atomic E-state index is 0.124. The Labute approximate surface area is 289 Å². The van der Waals surface area contributed by atoms with Gasteiger partial charge in [-0.15, -0.1) is 0 Å². The Bertz CT molecular complexity index is 2730. The maximum Gasteiger partial charge on any atom is 0.227 e. The van der Waals surface area contributed by atoms with Crippen molar-refractivity contribution >= 4 is 50.1 Å². The summed E-state index contributed by atoms with van der Waals surface area (Å²) in [4.78, 5) is 7.32. The van der Waals surface area contributed by atoms with Crippen molar-refractivity contribution in [3.63, 3.8) is 0 Å². The van der Waals surface area contributed by atoms with E-state index in [1.165, 1.54) is 22.3 Å². The molecule has 10 rings (SSSR count). The number of aromatic nitrogens is 1. The number of oxazole rings is 1. The molecule has 0 N–H and O–H groups in total. The molecule has 0 bridgehead atoms. The first kappa shape index (κ1) is 28.6. The smallest absolute Gasteiger partial charge is 0.227 e. The first-order valence-corrected chi connectivity index (χ1v) is 17.0. The van der Waals surface area contributed by atoms with Crippen molar-refractivity contribution in [2.45, 2.75) is 19.3 Å². The molecule has 0 spiro atoms. The van der Waals surface area contributed by atoms with Crippen LogP contribution in [0.3, 0.4) is 0 Å². The molecule has 0 saturated heterocycles. The molecular weight excluding hydrogens is 613 g/mol. The highest BCUT2D eigenvalue weighted by Crippen LogP contribution is 2.51. The Kier molecular flexibility index (Phi) is 6.19. The molecule has 0 amide bonds. The van der Waals surface area contributed by atoms with Crippen LogP contribution in [0.1, 0.15) is 25.0 Å². The maximum absolute atomic E-state index is 6.37. The number of benzene rings is 7. The van der Waals surface area contributed by atoms with Gasteiger partial charge in [0.25, 0.3) is 0 Å². The molecule has 7 aromatic carbocycles. The van der Waals surface area contributed by atoms with E-state index >= 15 is 0 Å². The van der Waals surface area contributed by atoms with Gasteiger partial charge in [-0.05, 0) is 88.5 Å². The third-order valence-electron chi connectivity index (χ3n) is 10.3. The van der Waals surface area contributed by atoms with E-state index in [4.69, 9.17) is 13.8 Å². The second kappa shape index (κ2) is 10.8.